The minimum atomic E-state index is -0.606. The number of carbonyl (C=O) groups excluding carboxylic acids is 2. The molecule has 1 heterocycles. The van der Waals surface area contributed by atoms with Crippen molar-refractivity contribution in [2.24, 2.45) is 0 Å². The predicted octanol–water partition coefficient (Wildman–Crippen LogP) is 5.79. The van der Waals surface area contributed by atoms with Crippen LogP contribution in [0.1, 0.15) is 26.3 Å². The van der Waals surface area contributed by atoms with Crippen molar-refractivity contribution in [2.45, 2.75) is 0 Å². The molecule has 0 aliphatic heterocycles. The number of ether oxygens (including phenoxy) is 2. The third-order valence-corrected chi connectivity index (χ3v) is 5.42. The number of aromatic nitrogens is 2. The van der Waals surface area contributed by atoms with E-state index in [4.69, 9.17) is 15.9 Å². The van der Waals surface area contributed by atoms with Gasteiger partial charge in [-0.25, -0.2) is 19.6 Å². The fourth-order valence-electron chi connectivity index (χ4n) is 3.61. The molecule has 1 aromatic heterocycles. The summed E-state index contributed by atoms with van der Waals surface area (Å²) in [6.07, 6.45) is 6.90. The quantitative estimate of drug-likeness (QED) is 0.185. The standard InChI is InChI=1S/C30H19N3O4/c1-2-20-10-9-15-23(16-20)33-28-24-17-26(36-29(34)21-11-5-3-6-12-21)27(18-25(24)31-19-32-28)37-30(35)22-13-7-4-8-14-22/h1,3-19H,(H,31,32,33). The highest BCUT2D eigenvalue weighted by atomic mass is 16.6. The molecular weight excluding hydrogens is 466 g/mol. The molecule has 0 unspecified atom stereocenters. The van der Waals surface area contributed by atoms with Gasteiger partial charge >= 0.3 is 11.9 Å². The minimum absolute atomic E-state index is 0.0425. The van der Waals surface area contributed by atoms with Crippen molar-refractivity contribution >= 4 is 34.3 Å². The summed E-state index contributed by atoms with van der Waals surface area (Å²) in [4.78, 5) is 34.4. The Hall–Kier alpha value is -5.48. The summed E-state index contributed by atoms with van der Waals surface area (Å²) in [6.45, 7) is 0. The van der Waals surface area contributed by atoms with E-state index in [1.807, 2.05) is 18.2 Å². The third-order valence-electron chi connectivity index (χ3n) is 5.42. The van der Waals surface area contributed by atoms with Crippen LogP contribution < -0.4 is 14.8 Å². The van der Waals surface area contributed by atoms with Crippen molar-refractivity contribution < 1.29 is 19.1 Å². The second kappa shape index (κ2) is 10.4. The van der Waals surface area contributed by atoms with E-state index in [0.29, 0.717) is 33.4 Å². The number of hydrogen-bond acceptors (Lipinski definition) is 7. The van der Waals surface area contributed by atoms with Gasteiger partial charge in [0.15, 0.2) is 11.5 Å². The first kappa shape index (κ1) is 23.3. The number of nitrogens with zero attached hydrogens (tertiary/aromatic N) is 2. The van der Waals surface area contributed by atoms with E-state index in [1.165, 1.54) is 12.4 Å². The molecule has 0 aliphatic carbocycles. The van der Waals surface area contributed by atoms with E-state index in [1.54, 1.807) is 72.8 Å². The van der Waals surface area contributed by atoms with Crippen molar-refractivity contribution in [1.29, 1.82) is 0 Å². The maximum Gasteiger partial charge on any atom is 0.343 e. The van der Waals surface area contributed by atoms with Gasteiger partial charge in [-0.1, -0.05) is 48.4 Å². The van der Waals surface area contributed by atoms with Gasteiger partial charge in [-0.05, 0) is 48.5 Å². The summed E-state index contributed by atoms with van der Waals surface area (Å²) in [5.74, 6) is 1.93. The van der Waals surface area contributed by atoms with Gasteiger partial charge in [0, 0.05) is 22.7 Å². The van der Waals surface area contributed by atoms with Crippen LogP contribution in [0.15, 0.2) is 103 Å². The summed E-state index contributed by atoms with van der Waals surface area (Å²) >= 11 is 0. The zero-order chi connectivity index (χ0) is 25.6. The summed E-state index contributed by atoms with van der Waals surface area (Å²) in [7, 11) is 0. The molecule has 0 spiro atoms. The van der Waals surface area contributed by atoms with Crippen LogP contribution in [0.5, 0.6) is 11.5 Å². The maximum absolute atomic E-state index is 12.9. The monoisotopic (exact) mass is 485 g/mol. The minimum Gasteiger partial charge on any atom is -0.419 e. The van der Waals surface area contributed by atoms with Crippen molar-refractivity contribution in [1.82, 2.24) is 9.97 Å². The molecule has 0 saturated carbocycles. The van der Waals surface area contributed by atoms with Gasteiger partial charge in [0.05, 0.1) is 16.6 Å². The van der Waals surface area contributed by atoms with Crippen LogP contribution in [0, 0.1) is 12.3 Å². The van der Waals surface area contributed by atoms with Crippen molar-refractivity contribution in [3.8, 4) is 23.8 Å². The first-order valence-electron chi connectivity index (χ1n) is 11.3. The van der Waals surface area contributed by atoms with Gasteiger partial charge in [0.2, 0.25) is 0 Å². The second-order valence-electron chi connectivity index (χ2n) is 7.90. The molecule has 5 rings (SSSR count). The molecule has 7 heteroatoms. The number of hydrogen-bond donors (Lipinski definition) is 1. The van der Waals surface area contributed by atoms with E-state index >= 15 is 0 Å². The predicted molar refractivity (Wildman–Crippen MR) is 140 cm³/mol. The van der Waals surface area contributed by atoms with E-state index in [-0.39, 0.29) is 11.5 Å². The second-order valence-corrected chi connectivity index (χ2v) is 7.90. The van der Waals surface area contributed by atoms with Gasteiger partial charge < -0.3 is 14.8 Å². The van der Waals surface area contributed by atoms with Crippen molar-refractivity contribution in [2.75, 3.05) is 5.32 Å². The normalized spacial score (nSPS) is 10.4. The molecular formula is C30H19N3O4. The molecule has 0 atom stereocenters. The Morgan fingerprint density at radius 3 is 1.97 bits per heavy atom. The van der Waals surface area contributed by atoms with E-state index in [0.717, 1.165) is 5.69 Å². The Kier molecular flexibility index (Phi) is 6.55. The Labute approximate surface area is 212 Å². The summed E-state index contributed by atoms with van der Waals surface area (Å²) in [5.41, 5.74) is 2.59. The number of anilines is 2. The zero-order valence-corrected chi connectivity index (χ0v) is 19.4. The van der Waals surface area contributed by atoms with Crippen molar-refractivity contribution in [3.63, 3.8) is 0 Å². The first-order valence-corrected chi connectivity index (χ1v) is 11.3. The molecule has 37 heavy (non-hydrogen) atoms. The highest BCUT2D eigenvalue weighted by molar-refractivity contribution is 5.97. The van der Waals surface area contributed by atoms with Gasteiger partial charge in [0.25, 0.3) is 0 Å². The van der Waals surface area contributed by atoms with E-state index in [2.05, 4.69) is 21.2 Å². The smallest absolute Gasteiger partial charge is 0.343 e. The molecule has 0 radical (unpaired) electrons. The molecule has 5 aromatic rings. The molecule has 0 saturated heterocycles. The van der Waals surface area contributed by atoms with Crippen LogP contribution in [0.25, 0.3) is 10.9 Å². The third kappa shape index (κ3) is 5.29. The molecule has 0 aliphatic rings. The number of carbonyl (C=O) groups is 2. The van der Waals surface area contributed by atoms with Gasteiger partial charge in [0.1, 0.15) is 12.1 Å². The van der Waals surface area contributed by atoms with Crippen LogP contribution in [0.4, 0.5) is 11.5 Å². The lowest BCUT2D eigenvalue weighted by molar-refractivity contribution is 0.0683. The number of fused-ring (bicyclic) bond motifs is 1. The summed E-state index contributed by atoms with van der Waals surface area (Å²) in [6, 6.07) is 27.4. The maximum atomic E-state index is 12.9. The van der Waals surface area contributed by atoms with Crippen LogP contribution in [-0.4, -0.2) is 21.9 Å². The number of rotatable bonds is 6. The Morgan fingerprint density at radius 1 is 0.730 bits per heavy atom. The van der Waals surface area contributed by atoms with Crippen molar-refractivity contribution in [3.05, 3.63) is 120 Å². The van der Waals surface area contributed by atoms with Gasteiger partial charge in [-0.2, -0.15) is 0 Å². The Bertz CT molecular complexity index is 1640. The lowest BCUT2D eigenvalue weighted by Gasteiger charge is -2.14. The Balaban J connectivity index is 1.56. The summed E-state index contributed by atoms with van der Waals surface area (Å²) < 4.78 is 11.3. The molecule has 7 nitrogen and oxygen atoms in total. The highest BCUT2D eigenvalue weighted by Gasteiger charge is 2.19. The fourth-order valence-corrected chi connectivity index (χ4v) is 3.61. The largest absolute Gasteiger partial charge is 0.419 e. The molecule has 0 fully saturated rings. The van der Waals surface area contributed by atoms with Crippen LogP contribution >= 0.6 is 0 Å². The van der Waals surface area contributed by atoms with Crippen LogP contribution in [-0.2, 0) is 0 Å². The average molecular weight is 485 g/mol. The fraction of sp³-hybridized carbons (Fsp3) is 0. The molecule has 1 N–H and O–H groups in total. The number of terminal acetylenes is 1. The van der Waals surface area contributed by atoms with Crippen LogP contribution in [0.3, 0.4) is 0 Å². The number of benzene rings is 4. The molecule has 4 aromatic carbocycles. The molecule has 178 valence electrons. The van der Waals surface area contributed by atoms with Crippen LogP contribution in [0.2, 0.25) is 0 Å². The number of esters is 2. The average Bonchev–Trinajstić information content (AvgIpc) is 2.94. The highest BCUT2D eigenvalue weighted by Crippen LogP contribution is 2.36. The van der Waals surface area contributed by atoms with Gasteiger partial charge in [-0.3, -0.25) is 0 Å². The van der Waals surface area contributed by atoms with E-state index < -0.39 is 11.9 Å². The zero-order valence-electron chi connectivity index (χ0n) is 19.4. The lowest BCUT2D eigenvalue weighted by atomic mass is 10.1. The number of nitrogens with one attached hydrogen (secondary N) is 1. The molecule has 0 amide bonds. The van der Waals surface area contributed by atoms with Gasteiger partial charge in [-0.15, -0.1) is 6.42 Å². The summed E-state index contributed by atoms with van der Waals surface area (Å²) in [5, 5.41) is 3.77. The Morgan fingerprint density at radius 2 is 1.35 bits per heavy atom. The molecule has 0 bridgehead atoms. The SMILES string of the molecule is C#Cc1cccc(Nc2ncnc3cc(OC(=O)c4ccccc4)c(OC(=O)c4ccccc4)cc23)c1. The topological polar surface area (TPSA) is 90.4 Å². The lowest BCUT2D eigenvalue weighted by Crippen LogP contribution is -2.13. The van der Waals surface area contributed by atoms with E-state index in [9.17, 15) is 9.59 Å². The first-order chi connectivity index (χ1) is 18.1.